The molecule has 3 rings (SSSR count). The Morgan fingerprint density at radius 3 is 2.90 bits per heavy atom. The molecule has 3 aromatic rings. The van der Waals surface area contributed by atoms with Crippen LogP contribution in [-0.4, -0.2) is 9.55 Å². The van der Waals surface area contributed by atoms with Gasteiger partial charge in [-0.25, -0.2) is 4.98 Å². The van der Waals surface area contributed by atoms with E-state index >= 15 is 0 Å². The molecule has 0 unspecified atom stereocenters. The zero-order valence-corrected chi connectivity index (χ0v) is 12.8. The number of rotatable bonds is 5. The lowest BCUT2D eigenvalue weighted by Gasteiger charge is -2.13. The Labute approximate surface area is 132 Å². The van der Waals surface area contributed by atoms with Crippen LogP contribution in [0.5, 0.6) is 5.75 Å². The Morgan fingerprint density at radius 2 is 2.19 bits per heavy atom. The first kappa shape index (κ1) is 13.9. The smallest absolute Gasteiger partial charge is 0.129 e. The van der Waals surface area contributed by atoms with E-state index in [4.69, 9.17) is 16.3 Å². The van der Waals surface area contributed by atoms with Crippen LogP contribution in [0.25, 0.3) is 5.70 Å². The van der Waals surface area contributed by atoms with Gasteiger partial charge in [0, 0.05) is 23.5 Å². The van der Waals surface area contributed by atoms with Crippen LogP contribution in [0.3, 0.4) is 0 Å². The van der Waals surface area contributed by atoms with Crippen molar-refractivity contribution >= 4 is 28.6 Å². The maximum atomic E-state index is 6.10. The maximum absolute atomic E-state index is 6.10. The third-order valence-electron chi connectivity index (χ3n) is 3.09. The molecule has 21 heavy (non-hydrogen) atoms. The van der Waals surface area contributed by atoms with Gasteiger partial charge in [0.1, 0.15) is 12.4 Å². The molecule has 106 valence electrons. The second-order valence-electron chi connectivity index (χ2n) is 4.42. The van der Waals surface area contributed by atoms with Crippen molar-refractivity contribution in [2.75, 3.05) is 0 Å². The number of ether oxygens (including phenoxy) is 1. The van der Waals surface area contributed by atoms with Crippen LogP contribution < -0.4 is 4.74 Å². The SMILES string of the molecule is C=C(c1ccccc1OCc1ccsc1Cl)n1ccnc1. The van der Waals surface area contributed by atoms with Crippen molar-refractivity contribution in [1.29, 1.82) is 0 Å². The first-order valence-corrected chi connectivity index (χ1v) is 7.63. The van der Waals surface area contributed by atoms with E-state index < -0.39 is 0 Å². The second kappa shape index (κ2) is 6.16. The van der Waals surface area contributed by atoms with E-state index in [0.717, 1.165) is 26.9 Å². The number of benzene rings is 1. The Hall–Kier alpha value is -2.04. The largest absolute Gasteiger partial charge is 0.488 e. The van der Waals surface area contributed by atoms with Gasteiger partial charge in [0.05, 0.1) is 16.4 Å². The molecular weight excluding hydrogens is 304 g/mol. The van der Waals surface area contributed by atoms with Gasteiger partial charge in [-0.3, -0.25) is 0 Å². The first-order chi connectivity index (χ1) is 10.3. The summed E-state index contributed by atoms with van der Waals surface area (Å²) in [6, 6.07) is 9.78. The fraction of sp³-hybridized carbons (Fsp3) is 0.0625. The molecule has 0 saturated carbocycles. The van der Waals surface area contributed by atoms with Crippen molar-refractivity contribution in [2.45, 2.75) is 6.61 Å². The molecule has 0 atom stereocenters. The average molecular weight is 317 g/mol. The quantitative estimate of drug-likeness (QED) is 0.682. The van der Waals surface area contributed by atoms with E-state index in [1.165, 1.54) is 11.3 Å². The van der Waals surface area contributed by atoms with E-state index in [1.807, 2.05) is 46.5 Å². The van der Waals surface area contributed by atoms with Gasteiger partial charge in [0.2, 0.25) is 0 Å². The van der Waals surface area contributed by atoms with Crippen LogP contribution in [0.4, 0.5) is 0 Å². The third kappa shape index (κ3) is 3.01. The number of halogens is 1. The normalized spacial score (nSPS) is 10.5. The van der Waals surface area contributed by atoms with Gasteiger partial charge in [0.15, 0.2) is 0 Å². The molecule has 0 radical (unpaired) electrons. The zero-order valence-electron chi connectivity index (χ0n) is 11.2. The van der Waals surface area contributed by atoms with Gasteiger partial charge in [-0.2, -0.15) is 0 Å². The summed E-state index contributed by atoms with van der Waals surface area (Å²) >= 11 is 7.60. The molecule has 0 amide bonds. The van der Waals surface area contributed by atoms with E-state index in [1.54, 1.807) is 12.5 Å². The monoisotopic (exact) mass is 316 g/mol. The van der Waals surface area contributed by atoms with E-state index in [0.29, 0.717) is 6.61 Å². The van der Waals surface area contributed by atoms with Crippen LogP contribution >= 0.6 is 22.9 Å². The highest BCUT2D eigenvalue weighted by atomic mass is 35.5. The lowest BCUT2D eigenvalue weighted by atomic mass is 10.1. The Balaban J connectivity index is 1.83. The van der Waals surface area contributed by atoms with E-state index in [9.17, 15) is 0 Å². The van der Waals surface area contributed by atoms with Crippen LogP contribution in [0.15, 0.2) is 61.0 Å². The molecule has 0 aliphatic heterocycles. The summed E-state index contributed by atoms with van der Waals surface area (Å²) in [5.41, 5.74) is 2.74. The predicted octanol–water partition coefficient (Wildman–Crippen LogP) is 4.70. The minimum Gasteiger partial charge on any atom is -0.488 e. The Morgan fingerprint density at radius 1 is 1.33 bits per heavy atom. The Bertz CT molecular complexity index is 749. The van der Waals surface area contributed by atoms with Gasteiger partial charge in [-0.05, 0) is 23.6 Å². The van der Waals surface area contributed by atoms with E-state index in [2.05, 4.69) is 11.6 Å². The predicted molar refractivity (Wildman–Crippen MR) is 86.8 cm³/mol. The molecule has 0 N–H and O–H groups in total. The lowest BCUT2D eigenvalue weighted by Crippen LogP contribution is -2.00. The number of para-hydroxylation sites is 1. The molecule has 0 aliphatic carbocycles. The second-order valence-corrected chi connectivity index (χ2v) is 5.94. The Kier molecular flexibility index (Phi) is 4.08. The first-order valence-electron chi connectivity index (χ1n) is 6.37. The molecule has 0 fully saturated rings. The van der Waals surface area contributed by atoms with Crippen molar-refractivity contribution in [1.82, 2.24) is 9.55 Å². The van der Waals surface area contributed by atoms with Crippen LogP contribution in [0.2, 0.25) is 4.34 Å². The van der Waals surface area contributed by atoms with E-state index in [-0.39, 0.29) is 0 Å². The number of thiophene rings is 1. The lowest BCUT2D eigenvalue weighted by molar-refractivity contribution is 0.306. The maximum Gasteiger partial charge on any atom is 0.129 e. The summed E-state index contributed by atoms with van der Waals surface area (Å²) in [6.45, 7) is 4.55. The summed E-state index contributed by atoms with van der Waals surface area (Å²) < 4.78 is 8.53. The van der Waals surface area contributed by atoms with Gasteiger partial charge in [0.25, 0.3) is 0 Å². The summed E-state index contributed by atoms with van der Waals surface area (Å²) in [4.78, 5) is 4.04. The minimum atomic E-state index is 0.441. The highest BCUT2D eigenvalue weighted by molar-refractivity contribution is 7.14. The molecular formula is C16H13ClN2OS. The number of aromatic nitrogens is 2. The number of nitrogens with zero attached hydrogens (tertiary/aromatic N) is 2. The molecule has 0 aliphatic rings. The van der Waals surface area contributed by atoms with Gasteiger partial charge in [-0.1, -0.05) is 30.3 Å². The van der Waals surface area contributed by atoms with Gasteiger partial charge in [-0.15, -0.1) is 11.3 Å². The highest BCUT2D eigenvalue weighted by Crippen LogP contribution is 2.28. The molecule has 0 saturated heterocycles. The highest BCUT2D eigenvalue weighted by Gasteiger charge is 2.09. The summed E-state index contributed by atoms with van der Waals surface area (Å²) in [5, 5.41) is 1.96. The molecule has 2 aromatic heterocycles. The van der Waals surface area contributed by atoms with Gasteiger partial charge < -0.3 is 9.30 Å². The number of hydrogen-bond acceptors (Lipinski definition) is 3. The fourth-order valence-electron chi connectivity index (χ4n) is 1.97. The van der Waals surface area contributed by atoms with Gasteiger partial charge >= 0.3 is 0 Å². The molecule has 0 bridgehead atoms. The average Bonchev–Trinajstić information content (AvgIpc) is 3.16. The topological polar surface area (TPSA) is 27.1 Å². The van der Waals surface area contributed by atoms with Crippen LogP contribution in [0.1, 0.15) is 11.1 Å². The van der Waals surface area contributed by atoms with Crippen LogP contribution in [0, 0.1) is 0 Å². The van der Waals surface area contributed by atoms with Crippen molar-refractivity contribution in [2.24, 2.45) is 0 Å². The van der Waals surface area contributed by atoms with Crippen molar-refractivity contribution in [3.05, 3.63) is 76.5 Å². The van der Waals surface area contributed by atoms with Crippen molar-refractivity contribution in [3.8, 4) is 5.75 Å². The summed E-state index contributed by atoms with van der Waals surface area (Å²) in [5.74, 6) is 0.776. The third-order valence-corrected chi connectivity index (χ3v) is 4.34. The molecule has 1 aromatic carbocycles. The molecule has 2 heterocycles. The molecule has 0 spiro atoms. The number of imidazole rings is 1. The minimum absolute atomic E-state index is 0.441. The standard InChI is InChI=1S/C16H13ClN2OS/c1-12(19-8-7-18-11-19)14-4-2-3-5-15(14)20-10-13-6-9-21-16(13)17/h2-9,11H,1,10H2. The van der Waals surface area contributed by atoms with Crippen LogP contribution in [-0.2, 0) is 6.61 Å². The zero-order chi connectivity index (χ0) is 14.7. The summed E-state index contributed by atoms with van der Waals surface area (Å²) in [6.07, 6.45) is 5.30. The number of hydrogen-bond donors (Lipinski definition) is 0. The summed E-state index contributed by atoms with van der Waals surface area (Å²) in [7, 11) is 0. The molecule has 5 heteroatoms. The molecule has 3 nitrogen and oxygen atoms in total. The van der Waals surface area contributed by atoms with Crippen molar-refractivity contribution in [3.63, 3.8) is 0 Å². The van der Waals surface area contributed by atoms with Crippen molar-refractivity contribution < 1.29 is 4.74 Å². The fourth-order valence-corrected chi connectivity index (χ4v) is 2.87.